The minimum atomic E-state index is 0.832. The summed E-state index contributed by atoms with van der Waals surface area (Å²) in [4.78, 5) is 10.6. The first-order valence-electron chi connectivity index (χ1n) is 7.08. The van der Waals surface area contributed by atoms with Crippen LogP contribution in [-0.2, 0) is 4.79 Å². The molecule has 17 heavy (non-hydrogen) atoms. The van der Waals surface area contributed by atoms with Crippen LogP contribution >= 0.6 is 0 Å². The standard InChI is InChI=1S/C16H30O/c1-13(2)8-6-9-14(3)10-7-11-15(4)16(5)12-17/h12-14H,6-11H2,1-5H3. The highest BCUT2D eigenvalue weighted by Gasteiger charge is 2.04. The van der Waals surface area contributed by atoms with Crippen molar-refractivity contribution < 1.29 is 4.79 Å². The van der Waals surface area contributed by atoms with Crippen molar-refractivity contribution in [1.29, 1.82) is 0 Å². The zero-order valence-corrected chi connectivity index (χ0v) is 12.4. The summed E-state index contributed by atoms with van der Waals surface area (Å²) in [5.74, 6) is 1.67. The highest BCUT2D eigenvalue weighted by molar-refractivity contribution is 5.73. The lowest BCUT2D eigenvalue weighted by atomic mass is 9.94. The SMILES string of the molecule is CC(C=O)=C(C)CCCC(C)CCCC(C)C. The Hall–Kier alpha value is -0.590. The van der Waals surface area contributed by atoms with E-state index in [4.69, 9.17) is 0 Å². The molecule has 1 unspecified atom stereocenters. The molecule has 0 spiro atoms. The van der Waals surface area contributed by atoms with Gasteiger partial charge in [-0.2, -0.15) is 0 Å². The molecule has 100 valence electrons. The molecular weight excluding hydrogens is 208 g/mol. The summed E-state index contributed by atoms with van der Waals surface area (Å²) < 4.78 is 0. The fourth-order valence-electron chi connectivity index (χ4n) is 2.03. The minimum absolute atomic E-state index is 0.832. The molecule has 0 radical (unpaired) electrons. The third-order valence-electron chi connectivity index (χ3n) is 3.58. The third-order valence-corrected chi connectivity index (χ3v) is 3.58. The van der Waals surface area contributed by atoms with Gasteiger partial charge in [0.25, 0.3) is 0 Å². The molecule has 0 N–H and O–H groups in total. The van der Waals surface area contributed by atoms with Crippen molar-refractivity contribution in [1.82, 2.24) is 0 Å². The molecule has 0 aromatic rings. The lowest BCUT2D eigenvalue weighted by Gasteiger charge is -2.12. The maximum atomic E-state index is 10.6. The Bertz CT molecular complexity index is 238. The molecule has 1 atom stereocenters. The highest BCUT2D eigenvalue weighted by Crippen LogP contribution is 2.19. The van der Waals surface area contributed by atoms with Gasteiger partial charge in [0.2, 0.25) is 0 Å². The van der Waals surface area contributed by atoms with Crippen molar-refractivity contribution in [3.05, 3.63) is 11.1 Å². The van der Waals surface area contributed by atoms with E-state index in [1.54, 1.807) is 0 Å². The van der Waals surface area contributed by atoms with Crippen LogP contribution in [0, 0.1) is 11.8 Å². The fraction of sp³-hybridized carbons (Fsp3) is 0.812. The van der Waals surface area contributed by atoms with Gasteiger partial charge in [-0.05, 0) is 44.1 Å². The second-order valence-electron chi connectivity index (χ2n) is 5.90. The number of aldehydes is 1. The maximum Gasteiger partial charge on any atom is 0.145 e. The van der Waals surface area contributed by atoms with Gasteiger partial charge in [-0.1, -0.05) is 52.0 Å². The van der Waals surface area contributed by atoms with E-state index < -0.39 is 0 Å². The van der Waals surface area contributed by atoms with Crippen LogP contribution in [0.1, 0.15) is 73.1 Å². The molecule has 1 heteroatoms. The first kappa shape index (κ1) is 16.4. The molecular formula is C16H30O. The normalized spacial score (nSPS) is 14.7. The molecule has 0 heterocycles. The van der Waals surface area contributed by atoms with Gasteiger partial charge in [0.05, 0.1) is 0 Å². The largest absolute Gasteiger partial charge is 0.298 e. The second-order valence-corrected chi connectivity index (χ2v) is 5.90. The molecule has 0 saturated heterocycles. The van der Waals surface area contributed by atoms with Crippen molar-refractivity contribution in [2.75, 3.05) is 0 Å². The molecule has 0 aliphatic heterocycles. The van der Waals surface area contributed by atoms with E-state index in [-0.39, 0.29) is 0 Å². The van der Waals surface area contributed by atoms with Crippen LogP contribution in [0.15, 0.2) is 11.1 Å². The van der Waals surface area contributed by atoms with Gasteiger partial charge in [0, 0.05) is 0 Å². The molecule has 0 aromatic carbocycles. The van der Waals surface area contributed by atoms with E-state index >= 15 is 0 Å². The van der Waals surface area contributed by atoms with Crippen LogP contribution in [-0.4, -0.2) is 6.29 Å². The van der Waals surface area contributed by atoms with Crippen LogP contribution in [0.3, 0.4) is 0 Å². The monoisotopic (exact) mass is 238 g/mol. The van der Waals surface area contributed by atoms with Gasteiger partial charge in [0.1, 0.15) is 6.29 Å². The molecule has 0 aromatic heterocycles. The van der Waals surface area contributed by atoms with Crippen LogP contribution in [0.4, 0.5) is 0 Å². The predicted molar refractivity (Wildman–Crippen MR) is 76.1 cm³/mol. The Morgan fingerprint density at radius 3 is 2.12 bits per heavy atom. The van der Waals surface area contributed by atoms with Crippen LogP contribution in [0.5, 0.6) is 0 Å². The Balaban J connectivity index is 3.64. The average molecular weight is 238 g/mol. The van der Waals surface area contributed by atoms with Gasteiger partial charge < -0.3 is 0 Å². The van der Waals surface area contributed by atoms with E-state index in [1.165, 1.54) is 37.7 Å². The Morgan fingerprint density at radius 1 is 1.00 bits per heavy atom. The number of carbonyl (C=O) groups is 1. The number of rotatable bonds is 9. The van der Waals surface area contributed by atoms with Crippen molar-refractivity contribution in [3.63, 3.8) is 0 Å². The molecule has 0 fully saturated rings. The van der Waals surface area contributed by atoms with Crippen molar-refractivity contribution in [2.45, 2.75) is 73.1 Å². The zero-order valence-electron chi connectivity index (χ0n) is 12.4. The predicted octanol–water partition coefficient (Wildman–Crippen LogP) is 5.15. The third kappa shape index (κ3) is 9.14. The van der Waals surface area contributed by atoms with E-state index in [0.29, 0.717) is 0 Å². The average Bonchev–Trinajstić information content (AvgIpc) is 2.27. The smallest absolute Gasteiger partial charge is 0.145 e. The van der Waals surface area contributed by atoms with Crippen molar-refractivity contribution >= 4 is 6.29 Å². The quantitative estimate of drug-likeness (QED) is 0.401. The van der Waals surface area contributed by atoms with Crippen molar-refractivity contribution in [3.8, 4) is 0 Å². The molecule has 0 aliphatic carbocycles. The highest BCUT2D eigenvalue weighted by atomic mass is 16.1. The van der Waals surface area contributed by atoms with Gasteiger partial charge in [-0.15, -0.1) is 0 Å². The molecule has 0 bridgehead atoms. The van der Waals surface area contributed by atoms with Gasteiger partial charge >= 0.3 is 0 Å². The first-order chi connectivity index (χ1) is 7.97. The summed E-state index contributed by atoms with van der Waals surface area (Å²) in [5.41, 5.74) is 2.17. The van der Waals surface area contributed by atoms with Crippen LogP contribution in [0.2, 0.25) is 0 Å². The van der Waals surface area contributed by atoms with E-state index in [0.717, 1.165) is 30.1 Å². The number of allylic oxidation sites excluding steroid dienone is 2. The first-order valence-corrected chi connectivity index (χ1v) is 7.08. The Morgan fingerprint density at radius 2 is 1.59 bits per heavy atom. The van der Waals surface area contributed by atoms with E-state index in [9.17, 15) is 4.79 Å². The number of carbonyl (C=O) groups excluding carboxylic acids is 1. The topological polar surface area (TPSA) is 17.1 Å². The van der Waals surface area contributed by atoms with Crippen LogP contribution < -0.4 is 0 Å². The molecule has 0 amide bonds. The van der Waals surface area contributed by atoms with Crippen LogP contribution in [0.25, 0.3) is 0 Å². The van der Waals surface area contributed by atoms with E-state index in [2.05, 4.69) is 27.7 Å². The van der Waals surface area contributed by atoms with Gasteiger partial charge in [0.15, 0.2) is 0 Å². The van der Waals surface area contributed by atoms with Gasteiger partial charge in [-0.3, -0.25) is 4.79 Å². The van der Waals surface area contributed by atoms with E-state index in [1.807, 2.05) is 6.92 Å². The summed E-state index contributed by atoms with van der Waals surface area (Å²) >= 11 is 0. The Kier molecular flexibility index (Phi) is 9.11. The summed E-state index contributed by atoms with van der Waals surface area (Å²) in [7, 11) is 0. The summed E-state index contributed by atoms with van der Waals surface area (Å²) in [5, 5.41) is 0. The lowest BCUT2D eigenvalue weighted by molar-refractivity contribution is -0.104. The zero-order chi connectivity index (χ0) is 13.3. The van der Waals surface area contributed by atoms with Crippen molar-refractivity contribution in [2.24, 2.45) is 11.8 Å². The fourth-order valence-corrected chi connectivity index (χ4v) is 2.03. The lowest BCUT2D eigenvalue weighted by Crippen LogP contribution is -1.97. The Labute approximate surface area is 108 Å². The number of hydrogen-bond acceptors (Lipinski definition) is 1. The minimum Gasteiger partial charge on any atom is -0.298 e. The summed E-state index contributed by atoms with van der Waals surface area (Å²) in [6, 6.07) is 0. The number of hydrogen-bond donors (Lipinski definition) is 0. The second kappa shape index (κ2) is 9.44. The summed E-state index contributed by atoms with van der Waals surface area (Å²) in [6.07, 6.45) is 8.64. The molecule has 0 aliphatic rings. The van der Waals surface area contributed by atoms with Gasteiger partial charge in [-0.25, -0.2) is 0 Å². The molecule has 1 nitrogen and oxygen atoms in total. The molecule has 0 rings (SSSR count). The summed E-state index contributed by atoms with van der Waals surface area (Å²) in [6.45, 7) is 10.9. The maximum absolute atomic E-state index is 10.6. The molecule has 0 saturated carbocycles.